The van der Waals surface area contributed by atoms with Gasteiger partial charge in [0.05, 0.1) is 12.2 Å². The van der Waals surface area contributed by atoms with E-state index >= 15 is 0 Å². The Labute approximate surface area is 125 Å². The molecule has 114 valence electrons. The Hall–Kier alpha value is -1.86. The third-order valence-corrected chi connectivity index (χ3v) is 4.67. The molecule has 7 heteroatoms. The van der Waals surface area contributed by atoms with E-state index in [0.29, 0.717) is 5.69 Å². The van der Waals surface area contributed by atoms with E-state index in [4.69, 9.17) is 5.73 Å². The number of hydrogen-bond donors (Lipinski definition) is 2. The fraction of sp³-hybridized carbons (Fsp3) is 0.357. The van der Waals surface area contributed by atoms with Gasteiger partial charge in [0.15, 0.2) is 0 Å². The smallest absolute Gasteiger partial charge is 0.244 e. The van der Waals surface area contributed by atoms with Crippen LogP contribution in [0.1, 0.15) is 25.5 Å². The van der Waals surface area contributed by atoms with Gasteiger partial charge in [0.25, 0.3) is 0 Å². The van der Waals surface area contributed by atoms with Crippen LogP contribution in [0.25, 0.3) is 0 Å². The Morgan fingerprint density at radius 3 is 2.48 bits per heavy atom. The topological polar surface area (TPSA) is 90.0 Å². The third-order valence-electron chi connectivity index (χ3n) is 3.27. The molecule has 0 amide bonds. The molecule has 3 N–H and O–H groups in total. The maximum atomic E-state index is 12.4. The van der Waals surface area contributed by atoms with Crippen molar-refractivity contribution in [2.24, 2.45) is 13.0 Å². The molecule has 0 aliphatic carbocycles. The predicted molar refractivity (Wildman–Crippen MR) is 82.0 cm³/mol. The van der Waals surface area contributed by atoms with Gasteiger partial charge in [-0.15, -0.1) is 0 Å². The molecule has 0 unspecified atom stereocenters. The molecule has 0 aliphatic rings. The largest absolute Gasteiger partial charge is 0.398 e. The van der Waals surface area contributed by atoms with Gasteiger partial charge in [0.2, 0.25) is 10.0 Å². The van der Waals surface area contributed by atoms with Gasteiger partial charge in [-0.05, 0) is 17.5 Å². The summed E-state index contributed by atoms with van der Waals surface area (Å²) in [5.74, 6) is 0.0566. The van der Waals surface area contributed by atoms with Crippen molar-refractivity contribution in [3.8, 4) is 0 Å². The number of sulfonamides is 1. The summed E-state index contributed by atoms with van der Waals surface area (Å²) in [6.07, 6.45) is 2.79. The van der Waals surface area contributed by atoms with E-state index in [1.807, 2.05) is 32.0 Å². The average Bonchev–Trinajstić information content (AvgIpc) is 2.84. The molecule has 0 fully saturated rings. The Morgan fingerprint density at radius 1 is 1.29 bits per heavy atom. The van der Waals surface area contributed by atoms with Crippen molar-refractivity contribution in [2.75, 3.05) is 5.73 Å². The van der Waals surface area contributed by atoms with Crippen LogP contribution >= 0.6 is 0 Å². The lowest BCUT2D eigenvalue weighted by Gasteiger charge is -2.23. The molecule has 0 spiro atoms. The standard InChI is InChI=1S/C14H20N4O2S/c1-10(2)14(12-6-4-5-7-13(12)15)17-21(19,20)11-8-16-18(3)9-11/h4-10,14,17H,15H2,1-3H3/t14-/m1/s1. The van der Waals surface area contributed by atoms with E-state index < -0.39 is 16.1 Å². The number of nitrogens with zero attached hydrogens (tertiary/aromatic N) is 2. The van der Waals surface area contributed by atoms with Gasteiger partial charge in [0, 0.05) is 18.9 Å². The summed E-state index contributed by atoms with van der Waals surface area (Å²) in [6.45, 7) is 3.89. The van der Waals surface area contributed by atoms with Crippen LogP contribution < -0.4 is 10.5 Å². The molecule has 0 aliphatic heterocycles. The minimum Gasteiger partial charge on any atom is -0.398 e. The maximum Gasteiger partial charge on any atom is 0.244 e. The molecule has 2 aromatic rings. The molecule has 6 nitrogen and oxygen atoms in total. The number of rotatable bonds is 5. The lowest BCUT2D eigenvalue weighted by atomic mass is 9.96. The highest BCUT2D eigenvalue weighted by molar-refractivity contribution is 7.89. The summed E-state index contributed by atoms with van der Waals surface area (Å²) in [5.41, 5.74) is 7.32. The van der Waals surface area contributed by atoms with E-state index in [1.54, 1.807) is 13.1 Å². The number of hydrogen-bond acceptors (Lipinski definition) is 4. The second-order valence-electron chi connectivity index (χ2n) is 5.32. The lowest BCUT2D eigenvalue weighted by molar-refractivity contribution is 0.464. The van der Waals surface area contributed by atoms with Crippen LogP contribution in [0.15, 0.2) is 41.6 Å². The zero-order chi connectivity index (χ0) is 15.6. The van der Waals surface area contributed by atoms with Crippen LogP contribution in [-0.4, -0.2) is 18.2 Å². The van der Waals surface area contributed by atoms with E-state index in [1.165, 1.54) is 17.1 Å². The first kappa shape index (κ1) is 15.5. The first-order valence-corrected chi connectivity index (χ1v) is 8.15. The second-order valence-corrected chi connectivity index (χ2v) is 7.04. The Morgan fingerprint density at radius 2 is 1.95 bits per heavy atom. The SMILES string of the molecule is CC(C)[C@@H](NS(=O)(=O)c1cnn(C)c1)c1ccccc1N. The first-order valence-electron chi connectivity index (χ1n) is 6.66. The molecule has 0 saturated heterocycles. The summed E-state index contributed by atoms with van der Waals surface area (Å²) >= 11 is 0. The Bertz CT molecular complexity index is 722. The number of para-hydroxylation sites is 1. The van der Waals surface area contributed by atoms with E-state index in [-0.39, 0.29) is 10.8 Å². The van der Waals surface area contributed by atoms with Crippen LogP contribution in [0, 0.1) is 5.92 Å². The van der Waals surface area contributed by atoms with Crippen LogP contribution in [-0.2, 0) is 17.1 Å². The second kappa shape index (κ2) is 5.87. The maximum absolute atomic E-state index is 12.4. The van der Waals surface area contributed by atoms with Crippen LogP contribution in [0.3, 0.4) is 0 Å². The molecular formula is C14H20N4O2S. The van der Waals surface area contributed by atoms with Crippen molar-refractivity contribution >= 4 is 15.7 Å². The molecule has 1 aromatic carbocycles. The number of aromatic nitrogens is 2. The lowest BCUT2D eigenvalue weighted by Crippen LogP contribution is -2.32. The third kappa shape index (κ3) is 3.43. The van der Waals surface area contributed by atoms with Crippen molar-refractivity contribution < 1.29 is 8.42 Å². The fourth-order valence-corrected chi connectivity index (χ4v) is 3.47. The molecular weight excluding hydrogens is 288 g/mol. The van der Waals surface area contributed by atoms with Crippen molar-refractivity contribution in [1.29, 1.82) is 0 Å². The number of nitrogen functional groups attached to an aromatic ring is 1. The molecule has 1 atom stereocenters. The molecule has 1 heterocycles. The summed E-state index contributed by atoms with van der Waals surface area (Å²) in [7, 11) is -1.96. The highest BCUT2D eigenvalue weighted by Crippen LogP contribution is 2.28. The summed E-state index contributed by atoms with van der Waals surface area (Å²) < 4.78 is 29.1. The van der Waals surface area contributed by atoms with E-state index in [0.717, 1.165) is 5.56 Å². The number of aryl methyl sites for hydroxylation is 1. The number of nitrogens with one attached hydrogen (secondary N) is 1. The van der Waals surface area contributed by atoms with Gasteiger partial charge in [0.1, 0.15) is 4.90 Å². The van der Waals surface area contributed by atoms with Crippen LogP contribution in [0.2, 0.25) is 0 Å². The average molecular weight is 308 g/mol. The molecule has 0 bridgehead atoms. The number of anilines is 1. The zero-order valence-electron chi connectivity index (χ0n) is 12.3. The van der Waals surface area contributed by atoms with Crippen molar-refractivity contribution in [3.05, 3.63) is 42.2 Å². The van der Waals surface area contributed by atoms with Gasteiger partial charge in [-0.3, -0.25) is 4.68 Å². The predicted octanol–water partition coefficient (Wildman–Crippen LogP) is 1.68. The number of nitrogens with two attached hydrogens (primary N) is 1. The van der Waals surface area contributed by atoms with Crippen molar-refractivity contribution in [3.63, 3.8) is 0 Å². The monoisotopic (exact) mass is 308 g/mol. The van der Waals surface area contributed by atoms with Crippen LogP contribution in [0.5, 0.6) is 0 Å². The minimum absolute atomic E-state index is 0.0566. The van der Waals surface area contributed by atoms with Crippen molar-refractivity contribution in [2.45, 2.75) is 24.8 Å². The van der Waals surface area contributed by atoms with E-state index in [2.05, 4.69) is 9.82 Å². The number of benzene rings is 1. The van der Waals surface area contributed by atoms with E-state index in [9.17, 15) is 8.42 Å². The molecule has 2 rings (SSSR count). The Kier molecular flexibility index (Phi) is 4.34. The summed E-state index contributed by atoms with van der Waals surface area (Å²) in [5, 5.41) is 3.90. The van der Waals surface area contributed by atoms with Crippen molar-refractivity contribution in [1.82, 2.24) is 14.5 Å². The molecule has 1 aromatic heterocycles. The first-order chi connectivity index (χ1) is 9.81. The zero-order valence-corrected chi connectivity index (χ0v) is 13.1. The fourth-order valence-electron chi connectivity index (χ4n) is 2.13. The van der Waals surface area contributed by atoms with Gasteiger partial charge in [-0.1, -0.05) is 32.0 Å². The minimum atomic E-state index is -3.64. The van der Waals surface area contributed by atoms with Gasteiger partial charge in [-0.25, -0.2) is 13.1 Å². The normalized spacial score (nSPS) is 13.5. The molecule has 0 saturated carbocycles. The Balaban J connectivity index is 2.35. The summed E-state index contributed by atoms with van der Waals surface area (Å²) in [6, 6.07) is 6.89. The van der Waals surface area contributed by atoms with Gasteiger partial charge in [-0.2, -0.15) is 5.10 Å². The summed E-state index contributed by atoms with van der Waals surface area (Å²) in [4.78, 5) is 0.144. The quantitative estimate of drug-likeness (QED) is 0.822. The van der Waals surface area contributed by atoms with Gasteiger partial charge >= 0.3 is 0 Å². The highest BCUT2D eigenvalue weighted by atomic mass is 32.2. The highest BCUT2D eigenvalue weighted by Gasteiger charge is 2.26. The van der Waals surface area contributed by atoms with Gasteiger partial charge < -0.3 is 5.73 Å². The van der Waals surface area contributed by atoms with Crippen LogP contribution in [0.4, 0.5) is 5.69 Å². The molecule has 0 radical (unpaired) electrons. The molecule has 21 heavy (non-hydrogen) atoms.